The Morgan fingerprint density at radius 3 is 2.25 bits per heavy atom. The fourth-order valence-corrected chi connectivity index (χ4v) is 1.35. The number of benzene rings is 1. The Balaban J connectivity index is 2.78. The zero-order chi connectivity index (χ0) is 11.8. The molecule has 0 aliphatic rings. The van der Waals surface area contributed by atoms with Crippen molar-refractivity contribution in [2.45, 2.75) is 0 Å². The Morgan fingerprint density at radius 2 is 1.75 bits per heavy atom. The van der Waals surface area contributed by atoms with Gasteiger partial charge < -0.3 is 14.2 Å². The Kier molecular flexibility index (Phi) is 5.57. The molecule has 1 rings (SSSR count). The molecule has 0 bridgehead atoms. The molecule has 4 heteroatoms. The molecule has 88 valence electrons. The van der Waals surface area contributed by atoms with Crippen LogP contribution in [0.5, 0.6) is 17.2 Å². The second-order valence-electron chi connectivity index (χ2n) is 2.93. The van der Waals surface area contributed by atoms with Gasteiger partial charge in [0.05, 0.1) is 14.2 Å². The quantitative estimate of drug-likeness (QED) is 0.567. The lowest BCUT2D eigenvalue weighted by atomic mass is 10.3. The highest BCUT2D eigenvalue weighted by Crippen LogP contribution is 2.36. The van der Waals surface area contributed by atoms with E-state index < -0.39 is 0 Å². The number of para-hydroxylation sites is 1. The van der Waals surface area contributed by atoms with Crippen LogP contribution in [0, 0.1) is 0 Å². The van der Waals surface area contributed by atoms with Gasteiger partial charge >= 0.3 is 0 Å². The minimum atomic E-state index is 0.434. The largest absolute Gasteiger partial charge is 0.493 e. The van der Waals surface area contributed by atoms with Crippen molar-refractivity contribution < 1.29 is 14.2 Å². The summed E-state index contributed by atoms with van der Waals surface area (Å²) < 4.78 is 15.9. The van der Waals surface area contributed by atoms with E-state index in [2.05, 4.69) is 0 Å². The van der Waals surface area contributed by atoms with Gasteiger partial charge in [0.2, 0.25) is 5.75 Å². The predicted molar refractivity (Wildman–Crippen MR) is 64.9 cm³/mol. The van der Waals surface area contributed by atoms with E-state index in [0.717, 1.165) is 0 Å². The van der Waals surface area contributed by atoms with Crippen LogP contribution in [-0.2, 0) is 0 Å². The van der Waals surface area contributed by atoms with Crippen LogP contribution >= 0.6 is 11.6 Å². The number of allylic oxidation sites excluding steroid dienone is 1. The van der Waals surface area contributed by atoms with E-state index in [1.165, 1.54) is 0 Å². The van der Waals surface area contributed by atoms with Gasteiger partial charge in [-0.3, -0.25) is 0 Å². The van der Waals surface area contributed by atoms with Gasteiger partial charge in [0.1, 0.15) is 6.61 Å². The summed E-state index contributed by atoms with van der Waals surface area (Å²) in [5.74, 6) is 2.39. The minimum Gasteiger partial charge on any atom is -0.493 e. The first kappa shape index (κ1) is 12.7. The zero-order valence-electron chi connectivity index (χ0n) is 9.40. The fraction of sp³-hybridized carbons (Fsp3) is 0.333. The maximum absolute atomic E-state index is 5.56. The van der Waals surface area contributed by atoms with Crippen LogP contribution in [0.4, 0.5) is 0 Å². The number of rotatable bonds is 6. The van der Waals surface area contributed by atoms with E-state index in [9.17, 15) is 0 Å². The molecule has 0 unspecified atom stereocenters. The summed E-state index contributed by atoms with van der Waals surface area (Å²) in [6.45, 7) is 0.434. The third-order valence-corrected chi connectivity index (χ3v) is 2.14. The highest BCUT2D eigenvalue weighted by atomic mass is 35.5. The molecule has 0 N–H and O–H groups in total. The van der Waals surface area contributed by atoms with Crippen LogP contribution in [0.1, 0.15) is 0 Å². The lowest BCUT2D eigenvalue weighted by Gasteiger charge is -2.12. The molecule has 0 fully saturated rings. The van der Waals surface area contributed by atoms with Gasteiger partial charge in [0.25, 0.3) is 0 Å². The maximum atomic E-state index is 5.56. The molecule has 0 aliphatic carbocycles. The molecule has 0 spiro atoms. The average Bonchev–Trinajstić information content (AvgIpc) is 2.34. The van der Waals surface area contributed by atoms with Crippen molar-refractivity contribution in [1.82, 2.24) is 0 Å². The van der Waals surface area contributed by atoms with E-state index in [1.54, 1.807) is 14.2 Å². The normalized spacial score (nSPS) is 10.4. The molecule has 1 aromatic carbocycles. The highest BCUT2D eigenvalue weighted by Gasteiger charge is 2.09. The third kappa shape index (κ3) is 3.35. The molecular formula is C12H15ClO3. The Hall–Kier alpha value is -1.35. The van der Waals surface area contributed by atoms with Gasteiger partial charge in [-0.2, -0.15) is 0 Å². The van der Waals surface area contributed by atoms with Gasteiger partial charge in [-0.05, 0) is 12.1 Å². The van der Waals surface area contributed by atoms with E-state index in [-0.39, 0.29) is 0 Å². The van der Waals surface area contributed by atoms with Gasteiger partial charge in [0, 0.05) is 5.88 Å². The van der Waals surface area contributed by atoms with Crippen molar-refractivity contribution in [2.75, 3.05) is 26.7 Å². The monoisotopic (exact) mass is 242 g/mol. The molecular weight excluding hydrogens is 228 g/mol. The summed E-state index contributed by atoms with van der Waals surface area (Å²) in [5, 5.41) is 0. The summed E-state index contributed by atoms with van der Waals surface area (Å²) in [6.07, 6.45) is 3.67. The molecule has 0 saturated carbocycles. The smallest absolute Gasteiger partial charge is 0.203 e. The van der Waals surface area contributed by atoms with Crippen LogP contribution < -0.4 is 14.2 Å². The van der Waals surface area contributed by atoms with E-state index >= 15 is 0 Å². The van der Waals surface area contributed by atoms with E-state index in [4.69, 9.17) is 25.8 Å². The predicted octanol–water partition coefficient (Wildman–Crippen LogP) is 2.88. The molecule has 0 radical (unpaired) electrons. The Labute approximate surface area is 101 Å². The first-order valence-corrected chi connectivity index (χ1v) is 5.41. The number of hydrogen-bond donors (Lipinski definition) is 0. The highest BCUT2D eigenvalue weighted by molar-refractivity contribution is 6.18. The lowest BCUT2D eigenvalue weighted by Crippen LogP contribution is -1.99. The number of halogens is 1. The maximum Gasteiger partial charge on any atom is 0.203 e. The molecule has 16 heavy (non-hydrogen) atoms. The van der Waals surface area contributed by atoms with Crippen LogP contribution in [-0.4, -0.2) is 26.7 Å². The summed E-state index contributed by atoms with van der Waals surface area (Å²) in [7, 11) is 3.19. The van der Waals surface area contributed by atoms with Crippen molar-refractivity contribution in [2.24, 2.45) is 0 Å². The Bertz CT molecular complexity index is 328. The van der Waals surface area contributed by atoms with Gasteiger partial charge in [-0.25, -0.2) is 0 Å². The van der Waals surface area contributed by atoms with Crippen LogP contribution in [0.25, 0.3) is 0 Å². The standard InChI is InChI=1S/C12H15ClO3/c1-14-10-6-5-7-11(15-2)12(10)16-9-4-3-8-13/h3-7H,8-9H2,1-2H3. The molecule has 3 nitrogen and oxygen atoms in total. The Morgan fingerprint density at radius 1 is 1.12 bits per heavy atom. The van der Waals surface area contributed by atoms with E-state index in [1.807, 2.05) is 30.4 Å². The molecule has 1 aromatic rings. The second-order valence-corrected chi connectivity index (χ2v) is 3.24. The van der Waals surface area contributed by atoms with Crippen molar-refractivity contribution >= 4 is 11.6 Å². The van der Waals surface area contributed by atoms with Crippen LogP contribution in [0.2, 0.25) is 0 Å². The second kappa shape index (κ2) is 7.01. The number of methoxy groups -OCH3 is 2. The SMILES string of the molecule is COc1cccc(OC)c1OCC=CCCl. The van der Waals surface area contributed by atoms with Crippen LogP contribution in [0.3, 0.4) is 0 Å². The first-order valence-electron chi connectivity index (χ1n) is 4.88. The van der Waals surface area contributed by atoms with Gasteiger partial charge in [-0.15, -0.1) is 11.6 Å². The van der Waals surface area contributed by atoms with Crippen LogP contribution in [0.15, 0.2) is 30.4 Å². The van der Waals surface area contributed by atoms with Crippen molar-refractivity contribution in [1.29, 1.82) is 0 Å². The zero-order valence-corrected chi connectivity index (χ0v) is 10.2. The summed E-state index contributed by atoms with van der Waals surface area (Å²) in [6, 6.07) is 5.49. The van der Waals surface area contributed by atoms with Crippen molar-refractivity contribution in [3.05, 3.63) is 30.4 Å². The number of alkyl halides is 1. The topological polar surface area (TPSA) is 27.7 Å². The molecule has 0 amide bonds. The van der Waals surface area contributed by atoms with Gasteiger partial charge in [0.15, 0.2) is 11.5 Å². The summed E-state index contributed by atoms with van der Waals surface area (Å²) >= 11 is 5.51. The molecule has 0 heterocycles. The van der Waals surface area contributed by atoms with Crippen molar-refractivity contribution in [3.63, 3.8) is 0 Å². The van der Waals surface area contributed by atoms with Crippen molar-refractivity contribution in [3.8, 4) is 17.2 Å². The number of hydrogen-bond acceptors (Lipinski definition) is 3. The fourth-order valence-electron chi connectivity index (χ4n) is 1.22. The number of ether oxygens (including phenoxy) is 3. The summed E-state index contributed by atoms with van der Waals surface area (Å²) in [4.78, 5) is 0. The minimum absolute atomic E-state index is 0.434. The summed E-state index contributed by atoms with van der Waals surface area (Å²) in [5.41, 5.74) is 0. The molecule has 0 aromatic heterocycles. The van der Waals surface area contributed by atoms with E-state index in [0.29, 0.717) is 29.7 Å². The lowest BCUT2D eigenvalue weighted by molar-refractivity contribution is 0.301. The molecule has 0 saturated heterocycles. The molecule has 0 aliphatic heterocycles. The van der Waals surface area contributed by atoms with Gasteiger partial charge in [-0.1, -0.05) is 18.2 Å². The average molecular weight is 243 g/mol. The molecule has 0 atom stereocenters. The third-order valence-electron chi connectivity index (χ3n) is 1.96. The first-order chi connectivity index (χ1) is 7.83.